The molecule has 3 aliphatic rings. The number of hydrogen-bond acceptors (Lipinski definition) is 3. The molecule has 2 saturated heterocycles. The molecule has 3 atom stereocenters. The highest BCUT2D eigenvalue weighted by molar-refractivity contribution is 5.83. The summed E-state index contributed by atoms with van der Waals surface area (Å²) in [6, 6.07) is 14.4. The average molecular weight is 353 g/mol. The lowest BCUT2D eigenvalue weighted by atomic mass is 9.87. The van der Waals surface area contributed by atoms with Gasteiger partial charge in [0.1, 0.15) is 17.5 Å². The Morgan fingerprint density at radius 2 is 1.88 bits per heavy atom. The number of ether oxygens (including phenoxy) is 2. The van der Waals surface area contributed by atoms with E-state index in [1.807, 2.05) is 17.0 Å². The second-order valence-corrected chi connectivity index (χ2v) is 7.41. The Bertz CT molecular complexity index is 847. The zero-order chi connectivity index (χ0) is 17.7. The summed E-state index contributed by atoms with van der Waals surface area (Å²) >= 11 is 0. The average Bonchev–Trinajstić information content (AvgIpc) is 3.30. The number of epoxide rings is 1. The molecular formula is C21H20FNO3. The van der Waals surface area contributed by atoms with E-state index in [0.717, 1.165) is 17.5 Å². The molecule has 0 radical (unpaired) electrons. The minimum Gasteiger partial charge on any atom is -0.367 e. The molecule has 2 aromatic rings. The van der Waals surface area contributed by atoms with Crippen LogP contribution in [0.1, 0.15) is 29.2 Å². The van der Waals surface area contributed by atoms with E-state index in [9.17, 15) is 9.18 Å². The maximum Gasteiger partial charge on any atom is 0.252 e. The van der Waals surface area contributed by atoms with Crippen LogP contribution in [0.3, 0.4) is 0 Å². The topological polar surface area (TPSA) is 42.1 Å². The Morgan fingerprint density at radius 3 is 2.62 bits per heavy atom. The molecule has 0 aliphatic carbocycles. The molecule has 0 unspecified atom stereocenters. The van der Waals surface area contributed by atoms with E-state index in [1.165, 1.54) is 17.7 Å². The largest absolute Gasteiger partial charge is 0.367 e. The van der Waals surface area contributed by atoms with Gasteiger partial charge in [0.15, 0.2) is 0 Å². The Kier molecular flexibility index (Phi) is 3.62. The SMILES string of the molecule is O=C([C@H]1C[C@]2(CO1)CO2)N1CCc2ccccc2[C@@H]1c1ccc(F)cc1. The number of amides is 1. The fourth-order valence-electron chi connectivity index (χ4n) is 4.16. The fourth-order valence-corrected chi connectivity index (χ4v) is 4.16. The van der Waals surface area contributed by atoms with Crippen molar-refractivity contribution in [2.24, 2.45) is 0 Å². The second-order valence-electron chi connectivity index (χ2n) is 7.41. The number of hydrogen-bond donors (Lipinski definition) is 0. The Balaban J connectivity index is 1.51. The smallest absolute Gasteiger partial charge is 0.252 e. The summed E-state index contributed by atoms with van der Waals surface area (Å²) in [7, 11) is 0. The van der Waals surface area contributed by atoms with Crippen molar-refractivity contribution < 1.29 is 18.7 Å². The first-order chi connectivity index (χ1) is 12.7. The molecule has 2 fully saturated rings. The van der Waals surface area contributed by atoms with Crippen molar-refractivity contribution in [3.63, 3.8) is 0 Å². The predicted molar refractivity (Wildman–Crippen MR) is 93.1 cm³/mol. The van der Waals surface area contributed by atoms with Crippen LogP contribution in [0.5, 0.6) is 0 Å². The lowest BCUT2D eigenvalue weighted by molar-refractivity contribution is -0.143. The fraction of sp³-hybridized carbons (Fsp3) is 0.381. The molecule has 1 amide bonds. The highest BCUT2D eigenvalue weighted by Crippen LogP contribution is 2.41. The van der Waals surface area contributed by atoms with Crippen LogP contribution in [0.4, 0.5) is 4.39 Å². The second kappa shape index (κ2) is 5.89. The van der Waals surface area contributed by atoms with E-state index in [4.69, 9.17) is 9.47 Å². The molecule has 0 N–H and O–H groups in total. The number of carbonyl (C=O) groups is 1. The molecule has 0 saturated carbocycles. The highest BCUT2D eigenvalue weighted by atomic mass is 19.1. The molecule has 1 spiro atoms. The van der Waals surface area contributed by atoms with Gasteiger partial charge < -0.3 is 14.4 Å². The van der Waals surface area contributed by atoms with Crippen molar-refractivity contribution in [3.05, 3.63) is 71.0 Å². The number of rotatable bonds is 2. The summed E-state index contributed by atoms with van der Waals surface area (Å²) in [6.45, 7) is 1.81. The first-order valence-electron chi connectivity index (χ1n) is 9.05. The lowest BCUT2D eigenvalue weighted by Gasteiger charge is -2.38. The van der Waals surface area contributed by atoms with Gasteiger partial charge >= 0.3 is 0 Å². The maximum absolute atomic E-state index is 13.4. The number of halogens is 1. The molecular weight excluding hydrogens is 333 g/mol. The number of benzene rings is 2. The standard InChI is InChI=1S/C21H20FNO3/c22-16-7-5-15(6-8-16)19-17-4-2-1-3-14(17)9-10-23(19)20(24)18-11-21(12-25-18)13-26-21/h1-8,18-19H,9-13H2/t18-,19+,21+/m1/s1. The Labute approximate surface area is 151 Å². The van der Waals surface area contributed by atoms with Gasteiger partial charge in [-0.05, 0) is 35.2 Å². The molecule has 5 rings (SSSR count). The van der Waals surface area contributed by atoms with E-state index in [0.29, 0.717) is 26.2 Å². The van der Waals surface area contributed by atoms with Crippen LogP contribution in [0, 0.1) is 5.82 Å². The van der Waals surface area contributed by atoms with Gasteiger partial charge in [0, 0.05) is 13.0 Å². The van der Waals surface area contributed by atoms with Crippen LogP contribution in [-0.4, -0.2) is 42.3 Å². The molecule has 3 heterocycles. The summed E-state index contributed by atoms with van der Waals surface area (Å²) in [4.78, 5) is 15.1. The summed E-state index contributed by atoms with van der Waals surface area (Å²) in [5.74, 6) is -0.274. The van der Waals surface area contributed by atoms with Gasteiger partial charge in [0.25, 0.3) is 5.91 Å². The number of fused-ring (bicyclic) bond motifs is 1. The quantitative estimate of drug-likeness (QED) is 0.780. The van der Waals surface area contributed by atoms with Gasteiger partial charge in [-0.15, -0.1) is 0 Å². The van der Waals surface area contributed by atoms with E-state index < -0.39 is 6.10 Å². The van der Waals surface area contributed by atoms with Gasteiger partial charge in [-0.25, -0.2) is 4.39 Å². The minimum absolute atomic E-state index is 0.00111. The number of nitrogens with zero attached hydrogens (tertiary/aromatic N) is 1. The highest BCUT2D eigenvalue weighted by Gasteiger charge is 2.54. The van der Waals surface area contributed by atoms with Gasteiger partial charge in [-0.1, -0.05) is 36.4 Å². The van der Waals surface area contributed by atoms with Crippen molar-refractivity contribution in [3.8, 4) is 0 Å². The van der Waals surface area contributed by atoms with Crippen LogP contribution in [0.15, 0.2) is 48.5 Å². The maximum atomic E-state index is 13.4. The van der Waals surface area contributed by atoms with E-state index in [-0.39, 0.29) is 23.4 Å². The van der Waals surface area contributed by atoms with E-state index in [1.54, 1.807) is 12.1 Å². The molecule has 4 nitrogen and oxygen atoms in total. The van der Waals surface area contributed by atoms with Crippen molar-refractivity contribution in [2.75, 3.05) is 19.8 Å². The Morgan fingerprint density at radius 1 is 1.12 bits per heavy atom. The third-order valence-corrected chi connectivity index (χ3v) is 5.69. The first kappa shape index (κ1) is 16.0. The molecule has 5 heteroatoms. The molecule has 3 aliphatic heterocycles. The van der Waals surface area contributed by atoms with E-state index in [2.05, 4.69) is 12.1 Å². The third-order valence-electron chi connectivity index (χ3n) is 5.69. The zero-order valence-corrected chi connectivity index (χ0v) is 14.4. The molecule has 134 valence electrons. The monoisotopic (exact) mass is 353 g/mol. The van der Waals surface area contributed by atoms with Crippen LogP contribution < -0.4 is 0 Å². The summed E-state index contributed by atoms with van der Waals surface area (Å²) < 4.78 is 24.7. The normalized spacial score (nSPS) is 29.7. The van der Waals surface area contributed by atoms with Gasteiger partial charge in [-0.2, -0.15) is 0 Å². The molecule has 0 aromatic heterocycles. The minimum atomic E-state index is -0.453. The van der Waals surface area contributed by atoms with Crippen molar-refractivity contribution in [2.45, 2.75) is 30.6 Å². The van der Waals surface area contributed by atoms with Gasteiger partial charge in [0.05, 0.1) is 19.3 Å². The Hall–Kier alpha value is -2.24. The van der Waals surface area contributed by atoms with Gasteiger partial charge in [-0.3, -0.25) is 4.79 Å². The first-order valence-corrected chi connectivity index (χ1v) is 9.05. The number of carbonyl (C=O) groups excluding carboxylic acids is 1. The van der Waals surface area contributed by atoms with E-state index >= 15 is 0 Å². The van der Waals surface area contributed by atoms with Crippen molar-refractivity contribution in [1.29, 1.82) is 0 Å². The van der Waals surface area contributed by atoms with Crippen LogP contribution in [-0.2, 0) is 20.7 Å². The molecule has 0 bridgehead atoms. The summed E-state index contributed by atoms with van der Waals surface area (Å²) in [5, 5.41) is 0. The lowest BCUT2D eigenvalue weighted by Crippen LogP contribution is -2.45. The van der Waals surface area contributed by atoms with Crippen LogP contribution in [0.2, 0.25) is 0 Å². The summed E-state index contributed by atoms with van der Waals surface area (Å²) in [5.41, 5.74) is 3.04. The summed E-state index contributed by atoms with van der Waals surface area (Å²) in [6.07, 6.45) is 0.986. The van der Waals surface area contributed by atoms with Crippen molar-refractivity contribution >= 4 is 5.91 Å². The predicted octanol–water partition coefficient (Wildman–Crippen LogP) is 2.86. The van der Waals surface area contributed by atoms with Crippen molar-refractivity contribution in [1.82, 2.24) is 4.90 Å². The molecule has 2 aromatic carbocycles. The van der Waals surface area contributed by atoms with Gasteiger partial charge in [0.2, 0.25) is 0 Å². The van der Waals surface area contributed by atoms with Crippen LogP contribution >= 0.6 is 0 Å². The third kappa shape index (κ3) is 2.63. The zero-order valence-electron chi connectivity index (χ0n) is 14.4. The van der Waals surface area contributed by atoms with Crippen LogP contribution in [0.25, 0.3) is 0 Å². The molecule has 26 heavy (non-hydrogen) atoms.